The standard InChI is InChI=1S/C43H31NO2/c1-2-32-35(28-14-8-4-9-15-28)26-38(44-41(32)29-16-10-5-11-17-29)31-19-23-40-37(25-31)34-21-20-33-36-24-30(27-12-6-3-7-13-27)18-22-39(36)45-42(33)43(34)46-40/h3-26,32,41H,2H2,1H3. The molecule has 46 heavy (non-hydrogen) atoms. The largest absolute Gasteiger partial charge is 0.452 e. The SMILES string of the molecule is CCC1C(c2ccccc2)=CC(c2ccc3oc4c(ccc5c6cc(-c7ccccc7)ccc6oc54)c3c2)=NC1c1ccccc1. The van der Waals surface area contributed by atoms with Crippen LogP contribution in [0.1, 0.15) is 36.1 Å². The summed E-state index contributed by atoms with van der Waals surface area (Å²) in [6.45, 7) is 2.27. The molecule has 0 spiro atoms. The van der Waals surface area contributed by atoms with Crippen molar-refractivity contribution >= 4 is 55.2 Å². The molecule has 3 heteroatoms. The zero-order valence-electron chi connectivity index (χ0n) is 25.5. The van der Waals surface area contributed by atoms with E-state index in [9.17, 15) is 0 Å². The Bertz CT molecular complexity index is 2450. The van der Waals surface area contributed by atoms with Crippen molar-refractivity contribution in [2.24, 2.45) is 10.9 Å². The second kappa shape index (κ2) is 10.7. The lowest BCUT2D eigenvalue weighted by Crippen LogP contribution is -2.20. The molecule has 2 aromatic heterocycles. The van der Waals surface area contributed by atoms with Crippen LogP contribution in [-0.2, 0) is 0 Å². The molecule has 220 valence electrons. The predicted molar refractivity (Wildman–Crippen MR) is 190 cm³/mol. The molecule has 9 rings (SSSR count). The van der Waals surface area contributed by atoms with Crippen LogP contribution in [0.5, 0.6) is 0 Å². The molecule has 0 amide bonds. The van der Waals surface area contributed by atoms with Crippen LogP contribution in [-0.4, -0.2) is 5.71 Å². The van der Waals surface area contributed by atoms with Gasteiger partial charge in [-0.25, -0.2) is 0 Å². The average Bonchev–Trinajstić information content (AvgIpc) is 3.70. The molecule has 0 aliphatic carbocycles. The zero-order valence-corrected chi connectivity index (χ0v) is 25.5. The quantitative estimate of drug-likeness (QED) is 0.199. The van der Waals surface area contributed by atoms with Crippen molar-refractivity contribution in [3.63, 3.8) is 0 Å². The van der Waals surface area contributed by atoms with Crippen LogP contribution in [0.4, 0.5) is 0 Å². The average molecular weight is 594 g/mol. The summed E-state index contributed by atoms with van der Waals surface area (Å²) >= 11 is 0. The van der Waals surface area contributed by atoms with Gasteiger partial charge in [-0.15, -0.1) is 0 Å². The van der Waals surface area contributed by atoms with Crippen LogP contribution in [0.2, 0.25) is 0 Å². The topological polar surface area (TPSA) is 38.6 Å². The molecule has 1 aliphatic heterocycles. The zero-order chi connectivity index (χ0) is 30.6. The summed E-state index contributed by atoms with van der Waals surface area (Å²) in [6, 6.07) is 49.1. The predicted octanol–water partition coefficient (Wildman–Crippen LogP) is 11.8. The van der Waals surface area contributed by atoms with Gasteiger partial charge in [-0.1, -0.05) is 104 Å². The first-order valence-corrected chi connectivity index (χ1v) is 16.0. The highest BCUT2D eigenvalue weighted by Gasteiger charge is 2.30. The van der Waals surface area contributed by atoms with E-state index in [-0.39, 0.29) is 12.0 Å². The molecule has 0 saturated heterocycles. The molecule has 2 unspecified atom stereocenters. The minimum Gasteiger partial charge on any atom is -0.452 e. The van der Waals surface area contributed by atoms with Crippen molar-refractivity contribution in [1.82, 2.24) is 0 Å². The van der Waals surface area contributed by atoms with E-state index in [1.807, 2.05) is 6.07 Å². The number of hydrogen-bond donors (Lipinski definition) is 0. The molecule has 0 N–H and O–H groups in total. The van der Waals surface area contributed by atoms with Crippen molar-refractivity contribution in [1.29, 1.82) is 0 Å². The van der Waals surface area contributed by atoms with Gasteiger partial charge in [-0.05, 0) is 82.8 Å². The molecule has 1 aliphatic rings. The second-order valence-corrected chi connectivity index (χ2v) is 12.2. The van der Waals surface area contributed by atoms with Crippen molar-refractivity contribution in [3.8, 4) is 11.1 Å². The van der Waals surface area contributed by atoms with E-state index in [1.54, 1.807) is 0 Å². The van der Waals surface area contributed by atoms with Gasteiger partial charge in [0.05, 0.1) is 11.8 Å². The van der Waals surface area contributed by atoms with E-state index in [4.69, 9.17) is 13.8 Å². The number of nitrogens with zero attached hydrogens (tertiary/aromatic N) is 1. The maximum Gasteiger partial charge on any atom is 0.178 e. The van der Waals surface area contributed by atoms with Crippen LogP contribution in [0, 0.1) is 5.92 Å². The lowest BCUT2D eigenvalue weighted by atomic mass is 9.79. The Labute approximate surface area is 267 Å². The van der Waals surface area contributed by atoms with E-state index in [0.717, 1.165) is 61.6 Å². The summed E-state index contributed by atoms with van der Waals surface area (Å²) < 4.78 is 13.0. The molecule has 0 radical (unpaired) electrons. The lowest BCUT2D eigenvalue weighted by molar-refractivity contribution is 0.519. The second-order valence-electron chi connectivity index (χ2n) is 12.2. The summed E-state index contributed by atoms with van der Waals surface area (Å²) in [6.07, 6.45) is 3.30. The Hall–Kier alpha value is -5.67. The summed E-state index contributed by atoms with van der Waals surface area (Å²) in [5, 5.41) is 4.25. The Kier molecular flexibility index (Phi) is 6.24. The van der Waals surface area contributed by atoms with Gasteiger partial charge in [0.25, 0.3) is 0 Å². The number of allylic oxidation sites excluding steroid dienone is 1. The third-order valence-electron chi connectivity index (χ3n) is 9.52. The van der Waals surface area contributed by atoms with Gasteiger partial charge in [0.15, 0.2) is 11.2 Å². The molecular formula is C43H31NO2. The van der Waals surface area contributed by atoms with Crippen LogP contribution in [0.25, 0.3) is 60.6 Å². The van der Waals surface area contributed by atoms with Crippen molar-refractivity contribution in [3.05, 3.63) is 162 Å². The maximum absolute atomic E-state index is 6.52. The number of furan rings is 2. The Balaban J connectivity index is 1.19. The van der Waals surface area contributed by atoms with Gasteiger partial charge in [0.2, 0.25) is 0 Å². The van der Waals surface area contributed by atoms with Gasteiger partial charge in [0.1, 0.15) is 11.2 Å². The number of aliphatic imine (C=N–C) groups is 1. The summed E-state index contributed by atoms with van der Waals surface area (Å²) in [4.78, 5) is 5.42. The van der Waals surface area contributed by atoms with Crippen LogP contribution < -0.4 is 0 Å². The van der Waals surface area contributed by atoms with Gasteiger partial charge in [0, 0.05) is 33.0 Å². The normalized spacial score (nSPS) is 16.7. The molecule has 2 atom stereocenters. The van der Waals surface area contributed by atoms with Crippen molar-refractivity contribution in [2.75, 3.05) is 0 Å². The minimum atomic E-state index is 0.0362. The van der Waals surface area contributed by atoms with E-state index in [0.29, 0.717) is 0 Å². The highest BCUT2D eigenvalue weighted by atomic mass is 16.4. The maximum atomic E-state index is 6.52. The van der Waals surface area contributed by atoms with Gasteiger partial charge in [-0.3, -0.25) is 4.99 Å². The van der Waals surface area contributed by atoms with Crippen molar-refractivity contribution in [2.45, 2.75) is 19.4 Å². The van der Waals surface area contributed by atoms with Gasteiger partial charge in [-0.2, -0.15) is 0 Å². The molecule has 0 fully saturated rings. The number of fused-ring (bicyclic) bond motifs is 7. The molecule has 0 saturated carbocycles. The fraction of sp³-hybridized carbons (Fsp3) is 0.0930. The smallest absolute Gasteiger partial charge is 0.178 e. The number of hydrogen-bond acceptors (Lipinski definition) is 3. The van der Waals surface area contributed by atoms with Gasteiger partial charge >= 0.3 is 0 Å². The van der Waals surface area contributed by atoms with E-state index < -0.39 is 0 Å². The first-order chi connectivity index (χ1) is 22.7. The molecule has 0 bridgehead atoms. The third-order valence-corrected chi connectivity index (χ3v) is 9.52. The summed E-state index contributed by atoms with van der Waals surface area (Å²) in [7, 11) is 0. The fourth-order valence-electron chi connectivity index (χ4n) is 7.23. The summed E-state index contributed by atoms with van der Waals surface area (Å²) in [5.74, 6) is 0.288. The van der Waals surface area contributed by atoms with E-state index in [2.05, 4.69) is 146 Å². The highest BCUT2D eigenvalue weighted by Crippen LogP contribution is 2.43. The number of rotatable bonds is 5. The third kappa shape index (κ3) is 4.31. The summed E-state index contributed by atoms with van der Waals surface area (Å²) in [5.41, 5.74) is 11.5. The minimum absolute atomic E-state index is 0.0362. The highest BCUT2D eigenvalue weighted by molar-refractivity contribution is 6.21. The van der Waals surface area contributed by atoms with Gasteiger partial charge < -0.3 is 8.83 Å². The molecule has 3 nitrogen and oxygen atoms in total. The fourth-order valence-corrected chi connectivity index (χ4v) is 7.23. The van der Waals surface area contributed by atoms with Crippen LogP contribution in [0.15, 0.2) is 159 Å². The van der Waals surface area contributed by atoms with Crippen molar-refractivity contribution < 1.29 is 8.83 Å². The molecular weight excluding hydrogens is 562 g/mol. The Morgan fingerprint density at radius 3 is 1.67 bits per heavy atom. The molecule has 6 aromatic carbocycles. The molecule has 8 aromatic rings. The van der Waals surface area contributed by atoms with Crippen LogP contribution >= 0.6 is 0 Å². The first kappa shape index (κ1) is 26.7. The number of dihydropyridines is 1. The first-order valence-electron chi connectivity index (χ1n) is 16.0. The monoisotopic (exact) mass is 593 g/mol. The number of benzene rings is 6. The molecule has 3 heterocycles. The van der Waals surface area contributed by atoms with E-state index in [1.165, 1.54) is 27.8 Å². The Morgan fingerprint density at radius 2 is 1.07 bits per heavy atom. The van der Waals surface area contributed by atoms with Crippen LogP contribution in [0.3, 0.4) is 0 Å². The van der Waals surface area contributed by atoms with E-state index >= 15 is 0 Å². The lowest BCUT2D eigenvalue weighted by Gasteiger charge is -2.31. The Morgan fingerprint density at radius 1 is 0.522 bits per heavy atom.